The number of aliphatic carboxylic acids is 1. The molecule has 0 aliphatic rings. The molecular weight excluding hydrogens is 794 g/mol. The summed E-state index contributed by atoms with van der Waals surface area (Å²) in [5, 5.41) is 21.8. The van der Waals surface area contributed by atoms with Gasteiger partial charge in [-0.2, -0.15) is 0 Å². The highest BCUT2D eigenvalue weighted by Crippen LogP contribution is 2.43. The van der Waals surface area contributed by atoms with E-state index in [-0.39, 0.29) is 12.8 Å². The van der Waals surface area contributed by atoms with E-state index in [1.54, 1.807) is 0 Å². The molecule has 0 bridgehead atoms. The lowest BCUT2D eigenvalue weighted by Crippen LogP contribution is -2.43. The fourth-order valence-corrected chi connectivity index (χ4v) is 6.61. The molecule has 348 valence electrons. The van der Waals surface area contributed by atoms with Gasteiger partial charge in [-0.05, 0) is 89.9 Å². The number of phosphoric ester groups is 1. The number of phosphoric acid groups is 1. The topological polar surface area (TPSA) is 169 Å². The molecule has 0 aromatic rings. The molecule has 61 heavy (non-hydrogen) atoms. The van der Waals surface area contributed by atoms with Gasteiger partial charge >= 0.3 is 19.8 Å². The molecule has 0 aromatic carbocycles. The Morgan fingerprint density at radius 1 is 0.541 bits per heavy atom. The molecule has 4 N–H and O–H groups in total. The van der Waals surface area contributed by atoms with E-state index >= 15 is 0 Å². The molecular formula is C49H82NO10P. The highest BCUT2D eigenvalue weighted by Gasteiger charge is 2.28. The van der Waals surface area contributed by atoms with Crippen LogP contribution >= 0.6 is 7.82 Å². The van der Waals surface area contributed by atoms with E-state index < -0.39 is 57.6 Å². The molecule has 0 rings (SSSR count). The zero-order valence-corrected chi connectivity index (χ0v) is 38.6. The van der Waals surface area contributed by atoms with Gasteiger partial charge in [-0.25, -0.2) is 9.36 Å². The first kappa shape index (κ1) is 57.7. The van der Waals surface area contributed by atoms with Crippen molar-refractivity contribution >= 4 is 25.7 Å². The second-order valence-electron chi connectivity index (χ2n) is 15.2. The van der Waals surface area contributed by atoms with Gasteiger partial charge in [0.2, 0.25) is 5.91 Å². The Labute approximate surface area is 369 Å². The van der Waals surface area contributed by atoms with Crippen LogP contribution in [0.5, 0.6) is 0 Å². The second-order valence-corrected chi connectivity index (χ2v) is 16.7. The number of hydrogen-bond acceptors (Lipinski definition) is 8. The van der Waals surface area contributed by atoms with Gasteiger partial charge in [-0.1, -0.05) is 157 Å². The van der Waals surface area contributed by atoms with Crippen molar-refractivity contribution in [3.8, 4) is 0 Å². The molecule has 0 radical (unpaired) electrons. The van der Waals surface area contributed by atoms with E-state index in [1.165, 1.54) is 44.9 Å². The Morgan fingerprint density at radius 2 is 0.951 bits per heavy atom. The molecule has 0 aliphatic carbocycles. The number of carbonyl (C=O) groups excluding carboxylic acids is 2. The molecule has 0 heterocycles. The third kappa shape index (κ3) is 43.1. The van der Waals surface area contributed by atoms with Crippen LogP contribution in [0.25, 0.3) is 0 Å². The van der Waals surface area contributed by atoms with E-state index in [2.05, 4.69) is 98.2 Å². The highest BCUT2D eigenvalue weighted by atomic mass is 31.2. The molecule has 0 saturated heterocycles. The SMILES string of the molecule is CC/C=C\C/C=C\C/C=C\C/C=C\C/C=C\C/C=C\CCCCC(=O)NC(COP(=O)(O)OCC(O)COC(=O)CCCCCCC/C=C\CCCCCCCCC)C(=O)O. The first-order valence-corrected chi connectivity index (χ1v) is 24.6. The minimum Gasteiger partial charge on any atom is -0.480 e. The number of carboxylic acids is 1. The molecule has 0 fully saturated rings. The van der Waals surface area contributed by atoms with Crippen LogP contribution in [-0.4, -0.2) is 64.9 Å². The van der Waals surface area contributed by atoms with E-state index in [1.807, 2.05) is 6.08 Å². The maximum Gasteiger partial charge on any atom is 0.472 e. The van der Waals surface area contributed by atoms with Gasteiger partial charge < -0.3 is 25.2 Å². The van der Waals surface area contributed by atoms with Crippen molar-refractivity contribution in [3.05, 3.63) is 85.1 Å². The van der Waals surface area contributed by atoms with Crippen LogP contribution in [0.2, 0.25) is 0 Å². The first-order chi connectivity index (χ1) is 29.6. The van der Waals surface area contributed by atoms with Gasteiger partial charge in [0.1, 0.15) is 12.7 Å². The number of aliphatic hydroxyl groups excluding tert-OH is 1. The lowest BCUT2D eigenvalue weighted by molar-refractivity contribution is -0.147. The monoisotopic (exact) mass is 876 g/mol. The van der Waals surface area contributed by atoms with Gasteiger partial charge in [-0.15, -0.1) is 0 Å². The Bertz CT molecular complexity index is 1350. The first-order valence-electron chi connectivity index (χ1n) is 23.1. The van der Waals surface area contributed by atoms with Crippen LogP contribution in [-0.2, 0) is 32.7 Å². The number of rotatable bonds is 42. The van der Waals surface area contributed by atoms with E-state index in [4.69, 9.17) is 13.8 Å². The van der Waals surface area contributed by atoms with Gasteiger partial charge in [0.25, 0.3) is 0 Å². The molecule has 0 spiro atoms. The summed E-state index contributed by atoms with van der Waals surface area (Å²) < 4.78 is 26.8. The smallest absolute Gasteiger partial charge is 0.472 e. The predicted molar refractivity (Wildman–Crippen MR) is 249 cm³/mol. The quantitative estimate of drug-likeness (QED) is 0.0200. The number of esters is 1. The minimum atomic E-state index is -4.78. The van der Waals surface area contributed by atoms with Crippen molar-refractivity contribution in [3.63, 3.8) is 0 Å². The van der Waals surface area contributed by atoms with Crippen molar-refractivity contribution in [1.82, 2.24) is 5.32 Å². The summed E-state index contributed by atoms with van der Waals surface area (Å²) in [7, 11) is -4.78. The molecule has 0 saturated carbocycles. The van der Waals surface area contributed by atoms with Crippen molar-refractivity contribution < 1.29 is 47.8 Å². The van der Waals surface area contributed by atoms with Crippen molar-refractivity contribution in [2.45, 2.75) is 187 Å². The third-order valence-electron chi connectivity index (χ3n) is 9.42. The number of carbonyl (C=O) groups is 3. The van der Waals surface area contributed by atoms with Crippen LogP contribution in [0.3, 0.4) is 0 Å². The summed E-state index contributed by atoms with van der Waals surface area (Å²) >= 11 is 0. The normalized spacial score (nSPS) is 14.4. The average Bonchev–Trinajstić information content (AvgIpc) is 3.24. The van der Waals surface area contributed by atoms with Crippen molar-refractivity contribution in [2.75, 3.05) is 19.8 Å². The summed E-state index contributed by atoms with van der Waals surface area (Å²) in [6, 6.07) is -1.58. The molecule has 12 heteroatoms. The lowest BCUT2D eigenvalue weighted by Gasteiger charge is -2.18. The summed E-state index contributed by atoms with van der Waals surface area (Å²) in [5.74, 6) is -2.45. The van der Waals surface area contributed by atoms with Crippen molar-refractivity contribution in [2.24, 2.45) is 0 Å². The Balaban J connectivity index is 3.99. The summed E-state index contributed by atoms with van der Waals surface area (Å²) in [6.07, 6.45) is 53.2. The fraction of sp³-hybridized carbons (Fsp3) is 0.653. The number of amides is 1. The molecule has 1 amide bonds. The van der Waals surface area contributed by atoms with Crippen LogP contribution in [0.1, 0.15) is 174 Å². The van der Waals surface area contributed by atoms with Gasteiger partial charge in [0.05, 0.1) is 13.2 Å². The largest absolute Gasteiger partial charge is 0.480 e. The number of carboxylic acid groups (broad SMARTS) is 1. The standard InChI is InChI=1S/C49H82NO10P/c1-3-5-7-9-11-13-15-17-19-21-22-23-24-25-26-28-30-32-34-36-38-40-47(52)50-46(49(54)55)44-60-61(56,57)59-43-45(51)42-58-48(53)41-39-37-35-33-31-29-27-20-18-16-14-12-10-8-6-4-2/h5,7,11,13,17,19-20,22-23,25-27,30,32,45-46,51H,3-4,6,8-10,12,14-16,18,21,24,28-29,31,33-44H2,1-2H3,(H,50,52)(H,54,55)(H,56,57)/b7-5-,13-11-,19-17-,23-22-,26-25-,27-20-,32-30-. The molecule has 3 atom stereocenters. The second kappa shape index (κ2) is 43.3. The summed E-state index contributed by atoms with van der Waals surface area (Å²) in [6.45, 7) is 2.43. The van der Waals surface area contributed by atoms with Crippen molar-refractivity contribution in [1.29, 1.82) is 0 Å². The number of unbranched alkanes of at least 4 members (excludes halogenated alkanes) is 14. The van der Waals surface area contributed by atoms with E-state index in [0.29, 0.717) is 12.8 Å². The van der Waals surface area contributed by atoms with Crippen LogP contribution in [0.15, 0.2) is 85.1 Å². The minimum absolute atomic E-state index is 0.0852. The van der Waals surface area contributed by atoms with Crippen LogP contribution in [0.4, 0.5) is 0 Å². The number of ether oxygens (including phenoxy) is 1. The molecule has 11 nitrogen and oxygen atoms in total. The Kier molecular flexibility index (Phi) is 40.9. The predicted octanol–water partition coefficient (Wildman–Crippen LogP) is 12.3. The van der Waals surface area contributed by atoms with Gasteiger partial charge in [-0.3, -0.25) is 18.6 Å². The third-order valence-corrected chi connectivity index (χ3v) is 10.4. The number of allylic oxidation sites excluding steroid dienone is 14. The summed E-state index contributed by atoms with van der Waals surface area (Å²) in [5.41, 5.74) is 0. The average molecular weight is 876 g/mol. The zero-order chi connectivity index (χ0) is 44.9. The molecule has 3 unspecified atom stereocenters. The zero-order valence-electron chi connectivity index (χ0n) is 37.7. The lowest BCUT2D eigenvalue weighted by atomic mass is 10.1. The molecule has 0 aliphatic heterocycles. The Morgan fingerprint density at radius 3 is 1.46 bits per heavy atom. The summed E-state index contributed by atoms with van der Waals surface area (Å²) in [4.78, 5) is 46.0. The number of aliphatic hydroxyl groups is 1. The number of nitrogens with one attached hydrogen (secondary N) is 1. The van der Waals surface area contributed by atoms with Gasteiger partial charge in [0.15, 0.2) is 6.04 Å². The Hall–Kier alpha value is -3.34. The van der Waals surface area contributed by atoms with Gasteiger partial charge in [0, 0.05) is 12.8 Å². The molecule has 0 aromatic heterocycles. The fourth-order valence-electron chi connectivity index (χ4n) is 5.84. The van der Waals surface area contributed by atoms with Crippen LogP contribution in [0, 0.1) is 0 Å². The number of hydrogen-bond donors (Lipinski definition) is 4. The maximum atomic E-state index is 12.3. The maximum absolute atomic E-state index is 12.3. The van der Waals surface area contributed by atoms with E-state index in [9.17, 15) is 34.1 Å². The van der Waals surface area contributed by atoms with Crippen LogP contribution < -0.4 is 5.32 Å². The van der Waals surface area contributed by atoms with E-state index in [0.717, 1.165) is 89.9 Å². The highest BCUT2D eigenvalue weighted by molar-refractivity contribution is 7.47.